The lowest BCUT2D eigenvalue weighted by Crippen LogP contribution is -2.24. The Bertz CT molecular complexity index is 1150. The molecule has 0 atom stereocenters. The molecule has 0 aliphatic carbocycles. The molecule has 124 valence electrons. The Morgan fingerprint density at radius 3 is 2.80 bits per heavy atom. The molecule has 0 saturated heterocycles. The fourth-order valence-corrected chi connectivity index (χ4v) is 2.79. The summed E-state index contributed by atoms with van der Waals surface area (Å²) in [4.78, 5) is 28.6. The predicted molar refractivity (Wildman–Crippen MR) is 93.7 cm³/mol. The van der Waals surface area contributed by atoms with Gasteiger partial charge in [0.15, 0.2) is 11.3 Å². The summed E-state index contributed by atoms with van der Waals surface area (Å²) in [6.07, 6.45) is 0. The molecule has 4 aromatic rings. The first-order valence-electron chi connectivity index (χ1n) is 7.52. The summed E-state index contributed by atoms with van der Waals surface area (Å²) in [6.45, 7) is 0.353. The van der Waals surface area contributed by atoms with Gasteiger partial charge in [0.2, 0.25) is 0 Å². The van der Waals surface area contributed by atoms with Gasteiger partial charge in [-0.1, -0.05) is 41.9 Å². The molecule has 0 aliphatic heterocycles. The summed E-state index contributed by atoms with van der Waals surface area (Å²) in [5.74, 6) is -0.414. The molecular formula is C17H12ClN5O2. The van der Waals surface area contributed by atoms with Gasteiger partial charge in [0, 0.05) is 11.6 Å². The van der Waals surface area contributed by atoms with Crippen molar-refractivity contribution in [2.24, 2.45) is 0 Å². The van der Waals surface area contributed by atoms with Gasteiger partial charge < -0.3 is 5.32 Å². The van der Waals surface area contributed by atoms with Crippen LogP contribution in [0.1, 0.15) is 16.1 Å². The highest BCUT2D eigenvalue weighted by Gasteiger charge is 2.18. The highest BCUT2D eigenvalue weighted by Crippen LogP contribution is 2.17. The van der Waals surface area contributed by atoms with Crippen LogP contribution < -0.4 is 10.9 Å². The van der Waals surface area contributed by atoms with Crippen molar-refractivity contribution in [2.75, 3.05) is 0 Å². The Hall–Kier alpha value is -3.19. The molecular weight excluding hydrogens is 342 g/mol. The Balaban J connectivity index is 1.73. The molecule has 0 unspecified atom stereocenters. The maximum absolute atomic E-state index is 12.4. The molecule has 7 nitrogen and oxygen atoms in total. The van der Waals surface area contributed by atoms with Gasteiger partial charge in [-0.25, -0.2) is 9.73 Å². The van der Waals surface area contributed by atoms with Crippen LogP contribution in [-0.4, -0.2) is 25.7 Å². The maximum atomic E-state index is 12.4. The van der Waals surface area contributed by atoms with Gasteiger partial charge in [0.05, 0.1) is 10.9 Å². The Morgan fingerprint density at radius 1 is 1.20 bits per heavy atom. The largest absolute Gasteiger partial charge is 0.346 e. The first-order valence-corrected chi connectivity index (χ1v) is 7.90. The van der Waals surface area contributed by atoms with Gasteiger partial charge in [0.1, 0.15) is 0 Å². The quantitative estimate of drug-likeness (QED) is 0.590. The van der Waals surface area contributed by atoms with Gasteiger partial charge in [-0.15, -0.1) is 5.10 Å². The number of nitrogens with zero attached hydrogens (tertiary/aromatic N) is 3. The molecule has 0 spiro atoms. The zero-order valence-electron chi connectivity index (χ0n) is 12.9. The van der Waals surface area contributed by atoms with Crippen LogP contribution in [0.3, 0.4) is 0 Å². The Labute approximate surface area is 146 Å². The van der Waals surface area contributed by atoms with Crippen molar-refractivity contribution in [1.82, 2.24) is 25.1 Å². The van der Waals surface area contributed by atoms with E-state index >= 15 is 0 Å². The lowest BCUT2D eigenvalue weighted by atomic mass is 10.2. The van der Waals surface area contributed by atoms with Crippen molar-refractivity contribution >= 4 is 34.1 Å². The third-order valence-electron chi connectivity index (χ3n) is 3.83. The second kappa shape index (κ2) is 6.03. The molecule has 2 heterocycles. The normalized spacial score (nSPS) is 11.1. The number of halogens is 1. The predicted octanol–water partition coefficient (Wildman–Crippen LogP) is 2.15. The number of aromatic amines is 1. The van der Waals surface area contributed by atoms with Gasteiger partial charge in [-0.3, -0.25) is 9.59 Å². The highest BCUT2D eigenvalue weighted by molar-refractivity contribution is 6.31. The maximum Gasteiger partial charge on any atom is 0.281 e. The van der Waals surface area contributed by atoms with Gasteiger partial charge >= 0.3 is 0 Å². The average Bonchev–Trinajstić information content (AvgIpc) is 3.04. The van der Waals surface area contributed by atoms with Crippen LogP contribution >= 0.6 is 11.6 Å². The van der Waals surface area contributed by atoms with E-state index in [9.17, 15) is 9.59 Å². The first-order chi connectivity index (χ1) is 12.1. The minimum atomic E-state index is -0.462. The summed E-state index contributed by atoms with van der Waals surface area (Å²) < 4.78 is 1.49. The number of amides is 1. The van der Waals surface area contributed by atoms with Crippen LogP contribution in [-0.2, 0) is 6.54 Å². The van der Waals surface area contributed by atoms with Gasteiger partial charge in [-0.05, 0) is 23.8 Å². The zero-order valence-corrected chi connectivity index (χ0v) is 13.6. The van der Waals surface area contributed by atoms with E-state index in [2.05, 4.69) is 20.6 Å². The smallest absolute Gasteiger partial charge is 0.281 e. The van der Waals surface area contributed by atoms with E-state index in [1.807, 2.05) is 30.3 Å². The Morgan fingerprint density at radius 2 is 2.00 bits per heavy atom. The highest BCUT2D eigenvalue weighted by atomic mass is 35.5. The van der Waals surface area contributed by atoms with Crippen LogP contribution in [0.25, 0.3) is 16.6 Å². The number of hydrogen-bond acceptors (Lipinski definition) is 4. The number of benzene rings is 2. The van der Waals surface area contributed by atoms with Crippen molar-refractivity contribution in [2.45, 2.75) is 6.54 Å². The fraction of sp³-hybridized carbons (Fsp3) is 0.0588. The minimum absolute atomic E-state index is 0.0601. The van der Waals surface area contributed by atoms with E-state index in [1.165, 1.54) is 10.6 Å². The molecule has 2 aromatic heterocycles. The van der Waals surface area contributed by atoms with E-state index in [1.54, 1.807) is 12.1 Å². The SMILES string of the molecule is O=C(NCc1ccccc1)c1n[nH]n2c1nc(=O)c1cc(Cl)ccc12. The monoisotopic (exact) mass is 353 g/mol. The molecule has 0 bridgehead atoms. The van der Waals surface area contributed by atoms with Crippen molar-refractivity contribution < 1.29 is 4.79 Å². The number of carbonyl (C=O) groups excluding carboxylic acids is 1. The molecule has 0 saturated carbocycles. The summed E-state index contributed by atoms with van der Waals surface area (Å²) >= 11 is 5.93. The summed E-state index contributed by atoms with van der Waals surface area (Å²) in [5.41, 5.74) is 1.28. The fourth-order valence-electron chi connectivity index (χ4n) is 2.62. The first kappa shape index (κ1) is 15.3. The molecule has 8 heteroatoms. The van der Waals surface area contributed by atoms with Crippen LogP contribution in [0.15, 0.2) is 53.3 Å². The average molecular weight is 354 g/mol. The van der Waals surface area contributed by atoms with Gasteiger partial charge in [0.25, 0.3) is 11.5 Å². The van der Waals surface area contributed by atoms with Crippen molar-refractivity contribution in [3.8, 4) is 0 Å². The molecule has 1 amide bonds. The summed E-state index contributed by atoms with van der Waals surface area (Å²) in [5, 5.41) is 10.3. The number of nitrogens with one attached hydrogen (secondary N) is 2. The number of H-pyrrole nitrogens is 1. The second-order valence-corrected chi connectivity index (χ2v) is 5.90. The number of aromatic nitrogens is 4. The number of hydrogen-bond donors (Lipinski definition) is 2. The molecule has 25 heavy (non-hydrogen) atoms. The van der Waals surface area contributed by atoms with E-state index in [0.29, 0.717) is 22.5 Å². The van der Waals surface area contributed by atoms with E-state index < -0.39 is 11.5 Å². The molecule has 2 N–H and O–H groups in total. The number of carbonyl (C=O) groups is 1. The van der Waals surface area contributed by atoms with E-state index in [-0.39, 0.29) is 11.3 Å². The third kappa shape index (κ3) is 2.74. The lowest BCUT2D eigenvalue weighted by Gasteiger charge is -2.03. The zero-order chi connectivity index (χ0) is 17.4. The van der Waals surface area contributed by atoms with Crippen LogP contribution in [0.2, 0.25) is 5.02 Å². The lowest BCUT2D eigenvalue weighted by molar-refractivity contribution is 0.0947. The van der Waals surface area contributed by atoms with Crippen LogP contribution in [0, 0.1) is 0 Å². The molecule has 2 aromatic carbocycles. The molecule has 4 rings (SSSR count). The van der Waals surface area contributed by atoms with Crippen molar-refractivity contribution in [1.29, 1.82) is 0 Å². The summed E-state index contributed by atoms with van der Waals surface area (Å²) in [7, 11) is 0. The van der Waals surface area contributed by atoms with Crippen LogP contribution in [0.4, 0.5) is 0 Å². The molecule has 0 fully saturated rings. The van der Waals surface area contributed by atoms with Crippen molar-refractivity contribution in [3.05, 3.63) is 75.2 Å². The van der Waals surface area contributed by atoms with E-state index in [0.717, 1.165) is 5.56 Å². The van der Waals surface area contributed by atoms with Crippen molar-refractivity contribution in [3.63, 3.8) is 0 Å². The summed E-state index contributed by atoms with van der Waals surface area (Å²) in [6, 6.07) is 14.4. The second-order valence-electron chi connectivity index (χ2n) is 5.47. The third-order valence-corrected chi connectivity index (χ3v) is 4.07. The molecule has 0 radical (unpaired) electrons. The standard InChI is InChI=1S/C17H12ClN5O2/c18-11-6-7-13-12(8-11)16(24)20-15-14(21-22-23(13)15)17(25)19-9-10-4-2-1-3-5-10/h1-8,22H,9H2,(H,19,25). The van der Waals surface area contributed by atoms with Crippen LogP contribution in [0.5, 0.6) is 0 Å². The topological polar surface area (TPSA) is 92.2 Å². The molecule has 0 aliphatic rings. The van der Waals surface area contributed by atoms with Gasteiger partial charge in [-0.2, -0.15) is 4.98 Å². The number of fused-ring (bicyclic) bond motifs is 3. The minimum Gasteiger partial charge on any atom is -0.346 e. The Kier molecular flexibility index (Phi) is 3.70. The van der Waals surface area contributed by atoms with E-state index in [4.69, 9.17) is 11.6 Å². The number of rotatable bonds is 3.